The van der Waals surface area contributed by atoms with Crippen molar-refractivity contribution >= 4 is 5.88 Å². The van der Waals surface area contributed by atoms with E-state index < -0.39 is 0 Å². The van der Waals surface area contributed by atoms with Gasteiger partial charge in [-0.1, -0.05) is 23.4 Å². The van der Waals surface area contributed by atoms with Crippen molar-refractivity contribution < 1.29 is 4.52 Å². The molecule has 2 unspecified atom stereocenters. The number of aryl methyl sites for hydroxylation is 2. The molecule has 3 nitrogen and oxygen atoms in total. The molecule has 1 heterocycles. The molecule has 4 rings (SSSR count). The summed E-state index contributed by atoms with van der Waals surface area (Å²) in [6, 6.07) is 6.47. The second-order valence-corrected chi connectivity index (χ2v) is 6.53. The van der Waals surface area contributed by atoms with Crippen LogP contribution >= 0.6 is 0 Å². The van der Waals surface area contributed by atoms with Crippen molar-refractivity contribution in [3.63, 3.8) is 0 Å². The molecule has 2 atom stereocenters. The highest BCUT2D eigenvalue weighted by Crippen LogP contribution is 2.58. The molecule has 1 aromatic carbocycles. The van der Waals surface area contributed by atoms with Crippen molar-refractivity contribution in [2.75, 3.05) is 5.73 Å². The first-order valence-corrected chi connectivity index (χ1v) is 7.46. The highest BCUT2D eigenvalue weighted by Gasteiger charge is 2.47. The van der Waals surface area contributed by atoms with Crippen LogP contribution in [0, 0.1) is 25.7 Å². The van der Waals surface area contributed by atoms with E-state index in [2.05, 4.69) is 37.2 Å². The van der Waals surface area contributed by atoms with Crippen LogP contribution < -0.4 is 5.73 Å². The van der Waals surface area contributed by atoms with E-state index in [-0.39, 0.29) is 0 Å². The summed E-state index contributed by atoms with van der Waals surface area (Å²) in [5.74, 6) is 2.87. The number of rotatable bonds is 2. The number of anilines is 1. The minimum Gasteiger partial charge on any atom is -0.367 e. The minimum absolute atomic E-state index is 0.462. The minimum atomic E-state index is 0.462. The average Bonchev–Trinajstić information content (AvgIpc) is 2.85. The second kappa shape index (κ2) is 4.11. The molecule has 2 fully saturated rings. The zero-order chi connectivity index (χ0) is 13.9. The van der Waals surface area contributed by atoms with Gasteiger partial charge < -0.3 is 10.3 Å². The molecule has 0 spiro atoms. The smallest absolute Gasteiger partial charge is 0.230 e. The predicted octanol–water partition coefficient (Wildman–Crippen LogP) is 4.05. The summed E-state index contributed by atoms with van der Waals surface area (Å²) in [4.78, 5) is 0. The maximum atomic E-state index is 6.05. The Kier molecular flexibility index (Phi) is 2.47. The maximum Gasteiger partial charge on any atom is 0.230 e. The van der Waals surface area contributed by atoms with Gasteiger partial charge in [0.2, 0.25) is 5.88 Å². The first-order valence-electron chi connectivity index (χ1n) is 7.46. The Balaban J connectivity index is 1.76. The van der Waals surface area contributed by atoms with Crippen molar-refractivity contribution in [2.45, 2.75) is 39.0 Å². The lowest BCUT2D eigenvalue weighted by molar-refractivity contribution is 0.416. The molecule has 2 aromatic rings. The van der Waals surface area contributed by atoms with Gasteiger partial charge in [-0.25, -0.2) is 0 Å². The number of nitrogens with two attached hydrogens (primary N) is 1. The normalized spacial score (nSPS) is 27.6. The van der Waals surface area contributed by atoms with E-state index in [4.69, 9.17) is 10.3 Å². The molecule has 0 bridgehead atoms. The zero-order valence-electron chi connectivity index (χ0n) is 12.0. The van der Waals surface area contributed by atoms with Crippen LogP contribution in [-0.2, 0) is 0 Å². The quantitative estimate of drug-likeness (QED) is 0.893. The summed E-state index contributed by atoms with van der Waals surface area (Å²) < 4.78 is 5.31. The van der Waals surface area contributed by atoms with E-state index in [1.165, 1.54) is 30.4 Å². The molecule has 0 radical (unpaired) electrons. The van der Waals surface area contributed by atoms with Gasteiger partial charge >= 0.3 is 0 Å². The standard InChI is InChI=1S/C17H20N2O/c1-9-3-4-11(5-10(9)2)15-16(19-20-17(15)18)14-7-12-6-13(12)8-14/h3-5,12-14H,6-8,18H2,1-2H3. The lowest BCUT2D eigenvalue weighted by Crippen LogP contribution is -1.99. The fraction of sp³-hybridized carbons (Fsp3) is 0.471. The van der Waals surface area contributed by atoms with E-state index in [1.807, 2.05) is 0 Å². The zero-order valence-corrected chi connectivity index (χ0v) is 12.0. The molecular formula is C17H20N2O. The van der Waals surface area contributed by atoms with Crippen LogP contribution in [0.5, 0.6) is 0 Å². The molecule has 104 valence electrons. The number of nitrogen functional groups attached to an aromatic ring is 1. The van der Waals surface area contributed by atoms with E-state index >= 15 is 0 Å². The summed E-state index contributed by atoms with van der Waals surface area (Å²) in [5.41, 5.74) is 11.9. The summed E-state index contributed by atoms with van der Waals surface area (Å²) in [6.07, 6.45) is 3.94. The molecular weight excluding hydrogens is 248 g/mol. The Hall–Kier alpha value is -1.77. The molecule has 0 amide bonds. The van der Waals surface area contributed by atoms with Crippen LogP contribution in [0.25, 0.3) is 11.1 Å². The molecule has 0 saturated heterocycles. The summed E-state index contributed by atoms with van der Waals surface area (Å²) in [5, 5.41) is 4.28. The summed E-state index contributed by atoms with van der Waals surface area (Å²) >= 11 is 0. The Morgan fingerprint density at radius 1 is 1.10 bits per heavy atom. The van der Waals surface area contributed by atoms with Crippen LogP contribution in [0.15, 0.2) is 22.7 Å². The Labute approximate surface area is 119 Å². The summed E-state index contributed by atoms with van der Waals surface area (Å²) in [7, 11) is 0. The lowest BCUT2D eigenvalue weighted by Gasteiger charge is -2.11. The number of aromatic nitrogens is 1. The lowest BCUT2D eigenvalue weighted by atomic mass is 9.92. The van der Waals surface area contributed by atoms with Gasteiger partial charge in [-0.2, -0.15) is 0 Å². The van der Waals surface area contributed by atoms with Gasteiger partial charge in [0.1, 0.15) is 0 Å². The van der Waals surface area contributed by atoms with E-state index in [0.29, 0.717) is 11.8 Å². The third-order valence-corrected chi connectivity index (χ3v) is 5.17. The Morgan fingerprint density at radius 2 is 1.85 bits per heavy atom. The SMILES string of the molecule is Cc1ccc(-c2c(C3CC4CC4C3)noc2N)cc1C. The fourth-order valence-corrected chi connectivity index (χ4v) is 3.72. The third-order valence-electron chi connectivity index (χ3n) is 5.17. The van der Waals surface area contributed by atoms with Gasteiger partial charge in [-0.3, -0.25) is 0 Å². The number of hydrogen-bond donors (Lipinski definition) is 1. The molecule has 2 saturated carbocycles. The molecule has 0 aliphatic heterocycles. The van der Waals surface area contributed by atoms with Crippen molar-refractivity contribution in [1.82, 2.24) is 5.16 Å². The third kappa shape index (κ3) is 1.76. The van der Waals surface area contributed by atoms with Crippen LogP contribution in [0.3, 0.4) is 0 Å². The molecule has 2 aliphatic rings. The van der Waals surface area contributed by atoms with Gasteiger partial charge in [0.15, 0.2) is 0 Å². The largest absolute Gasteiger partial charge is 0.367 e. The predicted molar refractivity (Wildman–Crippen MR) is 79.4 cm³/mol. The number of nitrogens with zero attached hydrogens (tertiary/aromatic N) is 1. The van der Waals surface area contributed by atoms with Crippen LogP contribution in [0.1, 0.15) is 42.0 Å². The maximum absolute atomic E-state index is 6.05. The van der Waals surface area contributed by atoms with Crippen LogP contribution in [0.2, 0.25) is 0 Å². The van der Waals surface area contributed by atoms with Gasteiger partial charge in [-0.05, 0) is 61.6 Å². The first kappa shape index (κ1) is 12.0. The topological polar surface area (TPSA) is 52.0 Å². The monoisotopic (exact) mass is 268 g/mol. The molecule has 2 aliphatic carbocycles. The van der Waals surface area contributed by atoms with Crippen LogP contribution in [0.4, 0.5) is 5.88 Å². The van der Waals surface area contributed by atoms with Gasteiger partial charge in [0.25, 0.3) is 0 Å². The van der Waals surface area contributed by atoms with Gasteiger partial charge in [-0.15, -0.1) is 0 Å². The van der Waals surface area contributed by atoms with E-state index in [9.17, 15) is 0 Å². The first-order chi connectivity index (χ1) is 9.63. The van der Waals surface area contributed by atoms with Crippen molar-refractivity contribution in [3.05, 3.63) is 35.0 Å². The van der Waals surface area contributed by atoms with E-state index in [1.54, 1.807) is 0 Å². The van der Waals surface area contributed by atoms with Crippen molar-refractivity contribution in [2.24, 2.45) is 11.8 Å². The molecule has 20 heavy (non-hydrogen) atoms. The highest BCUT2D eigenvalue weighted by molar-refractivity contribution is 5.76. The Bertz CT molecular complexity index is 664. The highest BCUT2D eigenvalue weighted by atomic mass is 16.5. The fourth-order valence-electron chi connectivity index (χ4n) is 3.72. The van der Waals surface area contributed by atoms with E-state index in [0.717, 1.165) is 28.7 Å². The average molecular weight is 268 g/mol. The number of fused-ring (bicyclic) bond motifs is 1. The molecule has 3 heteroatoms. The Morgan fingerprint density at radius 3 is 2.55 bits per heavy atom. The van der Waals surface area contributed by atoms with Gasteiger partial charge in [0, 0.05) is 5.92 Å². The summed E-state index contributed by atoms with van der Waals surface area (Å²) in [6.45, 7) is 4.26. The van der Waals surface area contributed by atoms with Gasteiger partial charge in [0.05, 0.1) is 11.3 Å². The number of hydrogen-bond acceptors (Lipinski definition) is 3. The second-order valence-electron chi connectivity index (χ2n) is 6.53. The molecule has 2 N–H and O–H groups in total. The number of benzene rings is 1. The van der Waals surface area contributed by atoms with Crippen LogP contribution in [-0.4, -0.2) is 5.16 Å². The molecule has 1 aromatic heterocycles. The van der Waals surface area contributed by atoms with Crippen molar-refractivity contribution in [3.8, 4) is 11.1 Å². The van der Waals surface area contributed by atoms with Crippen molar-refractivity contribution in [1.29, 1.82) is 0 Å².